The molecule has 2 aromatic rings. The van der Waals surface area contributed by atoms with Crippen molar-refractivity contribution in [2.24, 2.45) is 7.05 Å². The Morgan fingerprint density at radius 2 is 2.14 bits per heavy atom. The number of hydrogen-bond donors (Lipinski definition) is 1. The van der Waals surface area contributed by atoms with Gasteiger partial charge in [-0.2, -0.15) is 0 Å². The Bertz CT molecular complexity index is 686. The zero-order chi connectivity index (χ0) is 15.5. The molecular formula is C15H17N3O3S. The van der Waals surface area contributed by atoms with E-state index in [9.17, 15) is 4.79 Å². The summed E-state index contributed by atoms with van der Waals surface area (Å²) in [6.07, 6.45) is 3.57. The number of nitrogens with zero attached hydrogens (tertiary/aromatic N) is 2. The van der Waals surface area contributed by atoms with E-state index in [1.807, 2.05) is 30.8 Å². The highest BCUT2D eigenvalue weighted by Gasteiger charge is 2.18. The molecule has 22 heavy (non-hydrogen) atoms. The van der Waals surface area contributed by atoms with Crippen LogP contribution >= 0.6 is 11.8 Å². The first-order valence-corrected chi connectivity index (χ1v) is 7.86. The molecule has 1 N–H and O–H groups in total. The Morgan fingerprint density at radius 3 is 2.86 bits per heavy atom. The van der Waals surface area contributed by atoms with E-state index in [1.54, 1.807) is 18.3 Å². The zero-order valence-corrected chi connectivity index (χ0v) is 13.2. The number of nitrogens with one attached hydrogen (secondary N) is 1. The molecule has 0 saturated carbocycles. The third-order valence-electron chi connectivity index (χ3n) is 3.24. The van der Waals surface area contributed by atoms with Gasteiger partial charge in [-0.05, 0) is 19.1 Å². The standard InChI is InChI=1S/C15H17N3O3S/c1-10(22-15-16-5-6-18(15)2)14(19)17-11-3-4-12-13(9-11)21-8-7-20-12/h3-6,9-10H,7-8H2,1-2H3,(H,17,19). The molecule has 116 valence electrons. The summed E-state index contributed by atoms with van der Waals surface area (Å²) in [6.45, 7) is 2.93. The highest BCUT2D eigenvalue weighted by Crippen LogP contribution is 2.33. The largest absolute Gasteiger partial charge is 0.486 e. The lowest BCUT2D eigenvalue weighted by atomic mass is 10.2. The second-order valence-electron chi connectivity index (χ2n) is 4.93. The number of rotatable bonds is 4. The molecular weight excluding hydrogens is 302 g/mol. The quantitative estimate of drug-likeness (QED) is 0.876. The molecule has 7 heteroatoms. The second-order valence-corrected chi connectivity index (χ2v) is 6.24. The molecule has 0 saturated heterocycles. The van der Waals surface area contributed by atoms with Crippen LogP contribution in [0.5, 0.6) is 11.5 Å². The molecule has 0 spiro atoms. The number of aromatic nitrogens is 2. The lowest BCUT2D eigenvalue weighted by Crippen LogP contribution is -2.23. The van der Waals surface area contributed by atoms with Crippen molar-refractivity contribution in [3.63, 3.8) is 0 Å². The molecule has 1 aromatic carbocycles. The van der Waals surface area contributed by atoms with E-state index < -0.39 is 0 Å². The number of imidazole rings is 1. The molecule has 1 unspecified atom stereocenters. The number of fused-ring (bicyclic) bond motifs is 1. The van der Waals surface area contributed by atoms with Gasteiger partial charge in [0.2, 0.25) is 5.91 Å². The van der Waals surface area contributed by atoms with Gasteiger partial charge in [0, 0.05) is 31.2 Å². The lowest BCUT2D eigenvalue weighted by Gasteiger charge is -2.19. The minimum absolute atomic E-state index is 0.0790. The molecule has 0 fully saturated rings. The summed E-state index contributed by atoms with van der Waals surface area (Å²) in [4.78, 5) is 16.5. The highest BCUT2D eigenvalue weighted by molar-refractivity contribution is 8.00. The predicted molar refractivity (Wildman–Crippen MR) is 84.6 cm³/mol. The van der Waals surface area contributed by atoms with Gasteiger partial charge in [-0.25, -0.2) is 4.98 Å². The molecule has 1 amide bonds. The third-order valence-corrected chi connectivity index (χ3v) is 4.41. The average Bonchev–Trinajstić information content (AvgIpc) is 2.92. The van der Waals surface area contributed by atoms with Gasteiger partial charge in [-0.15, -0.1) is 0 Å². The van der Waals surface area contributed by atoms with Crippen LogP contribution in [0.4, 0.5) is 5.69 Å². The van der Waals surface area contributed by atoms with Crippen LogP contribution in [0.25, 0.3) is 0 Å². The topological polar surface area (TPSA) is 65.4 Å². The maximum atomic E-state index is 12.3. The van der Waals surface area contributed by atoms with Crippen LogP contribution in [0.2, 0.25) is 0 Å². The molecule has 1 aromatic heterocycles. The summed E-state index contributed by atoms with van der Waals surface area (Å²) in [5.74, 6) is 1.29. The number of carbonyl (C=O) groups excluding carboxylic acids is 1. The third kappa shape index (κ3) is 3.19. The monoisotopic (exact) mass is 319 g/mol. The van der Waals surface area contributed by atoms with Gasteiger partial charge in [0.1, 0.15) is 13.2 Å². The van der Waals surface area contributed by atoms with E-state index in [0.29, 0.717) is 30.4 Å². The van der Waals surface area contributed by atoms with Gasteiger partial charge in [0.05, 0.1) is 5.25 Å². The van der Waals surface area contributed by atoms with Crippen molar-refractivity contribution < 1.29 is 14.3 Å². The van der Waals surface area contributed by atoms with Crippen LogP contribution in [0, 0.1) is 0 Å². The normalized spacial score (nSPS) is 14.5. The molecule has 1 aliphatic rings. The first-order chi connectivity index (χ1) is 10.6. The highest BCUT2D eigenvalue weighted by atomic mass is 32.2. The smallest absolute Gasteiger partial charge is 0.237 e. The SMILES string of the molecule is CC(Sc1nccn1C)C(=O)Nc1ccc2c(c1)OCCO2. The predicted octanol–water partition coefficient (Wildman–Crippen LogP) is 2.31. The number of carbonyl (C=O) groups is 1. The number of anilines is 1. The van der Waals surface area contributed by atoms with Crippen LogP contribution in [0.1, 0.15) is 6.92 Å². The number of benzene rings is 1. The second kappa shape index (κ2) is 6.31. The van der Waals surface area contributed by atoms with Crippen molar-refractivity contribution in [1.29, 1.82) is 0 Å². The fourth-order valence-corrected chi connectivity index (χ4v) is 2.87. The van der Waals surface area contributed by atoms with Gasteiger partial charge in [-0.1, -0.05) is 11.8 Å². The van der Waals surface area contributed by atoms with E-state index >= 15 is 0 Å². The van der Waals surface area contributed by atoms with Crippen molar-refractivity contribution in [2.75, 3.05) is 18.5 Å². The van der Waals surface area contributed by atoms with Crippen molar-refractivity contribution in [2.45, 2.75) is 17.3 Å². The van der Waals surface area contributed by atoms with Crippen molar-refractivity contribution >= 4 is 23.4 Å². The summed E-state index contributed by atoms with van der Waals surface area (Å²) in [5, 5.41) is 3.45. The fraction of sp³-hybridized carbons (Fsp3) is 0.333. The number of thioether (sulfide) groups is 1. The Morgan fingerprint density at radius 1 is 1.36 bits per heavy atom. The van der Waals surface area contributed by atoms with Crippen molar-refractivity contribution in [3.8, 4) is 11.5 Å². The van der Waals surface area contributed by atoms with Crippen LogP contribution < -0.4 is 14.8 Å². The van der Waals surface area contributed by atoms with E-state index in [-0.39, 0.29) is 11.2 Å². The fourth-order valence-electron chi connectivity index (χ4n) is 2.04. The Balaban J connectivity index is 1.65. The van der Waals surface area contributed by atoms with E-state index in [4.69, 9.17) is 9.47 Å². The van der Waals surface area contributed by atoms with Crippen molar-refractivity contribution in [1.82, 2.24) is 9.55 Å². The van der Waals surface area contributed by atoms with Gasteiger partial charge >= 0.3 is 0 Å². The number of ether oxygens (including phenoxy) is 2. The molecule has 6 nitrogen and oxygen atoms in total. The van der Waals surface area contributed by atoms with Crippen LogP contribution in [-0.2, 0) is 11.8 Å². The number of amides is 1. The van der Waals surface area contributed by atoms with E-state index in [2.05, 4.69) is 10.3 Å². The number of hydrogen-bond acceptors (Lipinski definition) is 5. The zero-order valence-electron chi connectivity index (χ0n) is 12.4. The minimum atomic E-state index is -0.255. The van der Waals surface area contributed by atoms with E-state index in [0.717, 1.165) is 5.16 Å². The molecule has 0 bridgehead atoms. The first-order valence-electron chi connectivity index (χ1n) is 6.98. The molecule has 0 radical (unpaired) electrons. The minimum Gasteiger partial charge on any atom is -0.486 e. The van der Waals surface area contributed by atoms with Crippen molar-refractivity contribution in [3.05, 3.63) is 30.6 Å². The van der Waals surface area contributed by atoms with Gasteiger partial charge in [0.15, 0.2) is 16.7 Å². The summed E-state index contributed by atoms with van der Waals surface area (Å²) in [5.41, 5.74) is 0.696. The van der Waals surface area contributed by atoms with Crippen LogP contribution in [-0.4, -0.2) is 33.9 Å². The molecule has 1 atom stereocenters. The van der Waals surface area contributed by atoms with Crippen LogP contribution in [0.3, 0.4) is 0 Å². The lowest BCUT2D eigenvalue weighted by molar-refractivity contribution is -0.115. The Hall–Kier alpha value is -2.15. The summed E-state index contributed by atoms with van der Waals surface area (Å²) in [7, 11) is 1.90. The number of aryl methyl sites for hydroxylation is 1. The van der Waals surface area contributed by atoms with Gasteiger partial charge in [-0.3, -0.25) is 4.79 Å². The summed E-state index contributed by atoms with van der Waals surface area (Å²) >= 11 is 1.42. The van der Waals surface area contributed by atoms with Gasteiger partial charge in [0.25, 0.3) is 0 Å². The maximum absolute atomic E-state index is 12.3. The molecule has 1 aliphatic heterocycles. The summed E-state index contributed by atoms with van der Waals surface area (Å²) < 4.78 is 12.9. The van der Waals surface area contributed by atoms with Gasteiger partial charge < -0.3 is 19.4 Å². The Kier molecular flexibility index (Phi) is 4.24. The molecule has 0 aliphatic carbocycles. The summed E-state index contributed by atoms with van der Waals surface area (Å²) in [6, 6.07) is 5.40. The van der Waals surface area contributed by atoms with E-state index in [1.165, 1.54) is 11.8 Å². The maximum Gasteiger partial charge on any atom is 0.237 e. The average molecular weight is 319 g/mol. The molecule has 2 heterocycles. The van der Waals surface area contributed by atoms with Crippen LogP contribution in [0.15, 0.2) is 35.7 Å². The molecule has 3 rings (SSSR count). The Labute approximate surface area is 132 Å². The first kappa shape index (κ1) is 14.8.